The Balaban J connectivity index is 1.61. The van der Waals surface area contributed by atoms with Gasteiger partial charge in [0, 0.05) is 17.4 Å². The lowest BCUT2D eigenvalue weighted by Crippen LogP contribution is -2.21. The van der Waals surface area contributed by atoms with Crippen LogP contribution in [0.15, 0.2) is 42.5 Å². The van der Waals surface area contributed by atoms with Gasteiger partial charge in [0.1, 0.15) is 0 Å². The average Bonchev–Trinajstić information content (AvgIpc) is 3.49. The van der Waals surface area contributed by atoms with E-state index in [1.165, 1.54) is 0 Å². The third-order valence-electron chi connectivity index (χ3n) is 4.96. The maximum atomic E-state index is 12.6. The van der Waals surface area contributed by atoms with E-state index in [2.05, 4.69) is 24.5 Å². The summed E-state index contributed by atoms with van der Waals surface area (Å²) in [5.41, 5.74) is 2.51. The molecule has 28 heavy (non-hydrogen) atoms. The molecule has 0 aliphatic heterocycles. The van der Waals surface area contributed by atoms with E-state index in [4.69, 9.17) is 9.47 Å². The SMILES string of the molecule is COc1ccc(NC(=O)C2CC2C(=O)Nc2ccccc2C(C)C)cc1OC. The number of carbonyl (C=O) groups excluding carboxylic acids is 2. The molecule has 0 radical (unpaired) electrons. The zero-order valence-corrected chi connectivity index (χ0v) is 16.6. The zero-order chi connectivity index (χ0) is 20.3. The largest absolute Gasteiger partial charge is 0.493 e. The Morgan fingerprint density at radius 1 is 0.929 bits per heavy atom. The molecule has 2 amide bonds. The molecule has 0 spiro atoms. The van der Waals surface area contributed by atoms with Crippen molar-refractivity contribution in [2.45, 2.75) is 26.2 Å². The van der Waals surface area contributed by atoms with Gasteiger partial charge in [-0.05, 0) is 36.1 Å². The van der Waals surface area contributed by atoms with Crippen molar-refractivity contribution in [3.8, 4) is 11.5 Å². The van der Waals surface area contributed by atoms with Crippen LogP contribution in [-0.4, -0.2) is 26.0 Å². The van der Waals surface area contributed by atoms with Gasteiger partial charge in [-0.25, -0.2) is 0 Å². The van der Waals surface area contributed by atoms with Crippen molar-refractivity contribution < 1.29 is 19.1 Å². The maximum Gasteiger partial charge on any atom is 0.228 e. The first-order valence-electron chi connectivity index (χ1n) is 9.37. The number of hydrogen-bond acceptors (Lipinski definition) is 4. The highest BCUT2D eigenvalue weighted by Crippen LogP contribution is 2.41. The van der Waals surface area contributed by atoms with Crippen LogP contribution in [-0.2, 0) is 9.59 Å². The number of rotatable bonds is 7. The van der Waals surface area contributed by atoms with E-state index >= 15 is 0 Å². The van der Waals surface area contributed by atoms with Crippen molar-refractivity contribution >= 4 is 23.2 Å². The molecule has 2 atom stereocenters. The lowest BCUT2D eigenvalue weighted by atomic mass is 10.0. The molecule has 6 nitrogen and oxygen atoms in total. The van der Waals surface area contributed by atoms with Crippen LogP contribution in [0.2, 0.25) is 0 Å². The first-order chi connectivity index (χ1) is 13.4. The molecule has 2 N–H and O–H groups in total. The van der Waals surface area contributed by atoms with Crippen LogP contribution in [0.25, 0.3) is 0 Å². The number of benzene rings is 2. The minimum Gasteiger partial charge on any atom is -0.493 e. The van der Waals surface area contributed by atoms with Gasteiger partial charge in [0.15, 0.2) is 11.5 Å². The van der Waals surface area contributed by atoms with E-state index in [0.29, 0.717) is 29.5 Å². The molecule has 1 aliphatic rings. The van der Waals surface area contributed by atoms with E-state index in [1.54, 1.807) is 32.4 Å². The van der Waals surface area contributed by atoms with Crippen LogP contribution in [0.1, 0.15) is 31.7 Å². The number of amides is 2. The highest BCUT2D eigenvalue weighted by atomic mass is 16.5. The van der Waals surface area contributed by atoms with Gasteiger partial charge in [-0.2, -0.15) is 0 Å². The molecule has 2 aromatic carbocycles. The Labute approximate surface area is 165 Å². The highest BCUT2D eigenvalue weighted by Gasteiger charge is 2.48. The summed E-state index contributed by atoms with van der Waals surface area (Å²) < 4.78 is 10.4. The number of para-hydroxylation sites is 1. The summed E-state index contributed by atoms with van der Waals surface area (Å²) in [4.78, 5) is 25.1. The van der Waals surface area contributed by atoms with E-state index in [9.17, 15) is 9.59 Å². The van der Waals surface area contributed by atoms with E-state index < -0.39 is 0 Å². The molecular formula is C22H26N2O4. The van der Waals surface area contributed by atoms with Gasteiger partial charge in [-0.3, -0.25) is 9.59 Å². The van der Waals surface area contributed by atoms with Crippen molar-refractivity contribution in [1.29, 1.82) is 0 Å². The molecule has 2 aromatic rings. The third kappa shape index (κ3) is 4.27. The van der Waals surface area contributed by atoms with Gasteiger partial charge >= 0.3 is 0 Å². The first kappa shape index (κ1) is 19.7. The second kappa shape index (κ2) is 8.33. The minimum atomic E-state index is -0.320. The second-order valence-corrected chi connectivity index (χ2v) is 7.24. The predicted molar refractivity (Wildman–Crippen MR) is 109 cm³/mol. The lowest BCUT2D eigenvalue weighted by Gasteiger charge is -2.13. The maximum absolute atomic E-state index is 12.6. The molecular weight excluding hydrogens is 356 g/mol. The molecule has 2 unspecified atom stereocenters. The molecule has 148 valence electrons. The van der Waals surface area contributed by atoms with Crippen molar-refractivity contribution in [2.75, 3.05) is 24.9 Å². The Hall–Kier alpha value is -3.02. The fourth-order valence-electron chi connectivity index (χ4n) is 3.26. The molecule has 0 bridgehead atoms. The zero-order valence-electron chi connectivity index (χ0n) is 16.6. The first-order valence-corrected chi connectivity index (χ1v) is 9.37. The molecule has 6 heteroatoms. The van der Waals surface area contributed by atoms with Crippen molar-refractivity contribution in [3.63, 3.8) is 0 Å². The number of nitrogens with one attached hydrogen (secondary N) is 2. The Morgan fingerprint density at radius 2 is 1.57 bits per heavy atom. The van der Waals surface area contributed by atoms with Crippen LogP contribution in [0.3, 0.4) is 0 Å². The van der Waals surface area contributed by atoms with Gasteiger partial charge in [-0.1, -0.05) is 32.0 Å². The van der Waals surface area contributed by atoms with Crippen molar-refractivity contribution in [1.82, 2.24) is 0 Å². The number of carbonyl (C=O) groups is 2. The monoisotopic (exact) mass is 382 g/mol. The van der Waals surface area contributed by atoms with Gasteiger partial charge in [0.25, 0.3) is 0 Å². The van der Waals surface area contributed by atoms with E-state index in [-0.39, 0.29) is 23.7 Å². The van der Waals surface area contributed by atoms with Crippen LogP contribution in [0, 0.1) is 11.8 Å². The quantitative estimate of drug-likeness (QED) is 0.758. The summed E-state index contributed by atoms with van der Waals surface area (Å²) in [6.45, 7) is 4.17. The molecule has 1 saturated carbocycles. The Morgan fingerprint density at radius 3 is 2.21 bits per heavy atom. The number of ether oxygens (including phenoxy) is 2. The molecule has 1 fully saturated rings. The number of methoxy groups -OCH3 is 2. The summed E-state index contributed by atoms with van der Waals surface area (Å²) >= 11 is 0. The summed E-state index contributed by atoms with van der Waals surface area (Å²) in [6.07, 6.45) is 0.550. The summed E-state index contributed by atoms with van der Waals surface area (Å²) in [5.74, 6) is 0.535. The average molecular weight is 382 g/mol. The summed E-state index contributed by atoms with van der Waals surface area (Å²) in [5, 5.41) is 5.83. The summed E-state index contributed by atoms with van der Waals surface area (Å²) in [6, 6.07) is 12.9. The van der Waals surface area contributed by atoms with Gasteiger partial charge in [0.05, 0.1) is 26.1 Å². The normalized spacial score (nSPS) is 17.8. The van der Waals surface area contributed by atoms with Gasteiger partial charge in [0.2, 0.25) is 11.8 Å². The highest BCUT2D eigenvalue weighted by molar-refractivity contribution is 6.03. The number of anilines is 2. The van der Waals surface area contributed by atoms with Crippen molar-refractivity contribution in [3.05, 3.63) is 48.0 Å². The lowest BCUT2D eigenvalue weighted by molar-refractivity contribution is -0.122. The Bertz CT molecular complexity index is 879. The molecule has 3 rings (SSSR count). The van der Waals surface area contributed by atoms with Crippen molar-refractivity contribution in [2.24, 2.45) is 11.8 Å². The standard InChI is InChI=1S/C22H26N2O4/c1-13(2)15-7-5-6-8-18(15)24-22(26)17-12-16(17)21(25)23-14-9-10-19(27-3)20(11-14)28-4/h5-11,13,16-17H,12H2,1-4H3,(H,23,25)(H,24,26). The Kier molecular flexibility index (Phi) is 5.87. The van der Waals surface area contributed by atoms with Crippen LogP contribution >= 0.6 is 0 Å². The fourth-order valence-corrected chi connectivity index (χ4v) is 3.26. The van der Waals surface area contributed by atoms with Gasteiger partial charge in [-0.15, -0.1) is 0 Å². The third-order valence-corrected chi connectivity index (χ3v) is 4.96. The summed E-state index contributed by atoms with van der Waals surface area (Å²) in [7, 11) is 3.10. The number of hydrogen-bond donors (Lipinski definition) is 2. The predicted octanol–water partition coefficient (Wildman–Crippen LogP) is 4.04. The molecule has 1 aliphatic carbocycles. The van der Waals surface area contributed by atoms with Crippen LogP contribution < -0.4 is 20.1 Å². The van der Waals surface area contributed by atoms with Crippen LogP contribution in [0.4, 0.5) is 11.4 Å². The topological polar surface area (TPSA) is 76.7 Å². The molecule has 0 aromatic heterocycles. The fraction of sp³-hybridized carbons (Fsp3) is 0.364. The van der Waals surface area contributed by atoms with E-state index in [0.717, 1.165) is 11.3 Å². The van der Waals surface area contributed by atoms with Gasteiger partial charge < -0.3 is 20.1 Å². The second-order valence-electron chi connectivity index (χ2n) is 7.24. The molecule has 0 saturated heterocycles. The smallest absolute Gasteiger partial charge is 0.228 e. The molecule has 0 heterocycles. The van der Waals surface area contributed by atoms with Crippen LogP contribution in [0.5, 0.6) is 11.5 Å². The van der Waals surface area contributed by atoms with E-state index in [1.807, 2.05) is 24.3 Å². The minimum absolute atomic E-state index is 0.111.